The Morgan fingerprint density at radius 3 is 2.60 bits per heavy atom. The summed E-state index contributed by atoms with van der Waals surface area (Å²) in [7, 11) is 0. The first-order chi connectivity index (χ1) is 16.4. The van der Waals surface area contributed by atoms with Gasteiger partial charge in [0.05, 0.1) is 23.6 Å². The van der Waals surface area contributed by atoms with Gasteiger partial charge in [-0.1, -0.05) is 46.2 Å². The highest BCUT2D eigenvalue weighted by molar-refractivity contribution is 6.31. The van der Waals surface area contributed by atoms with E-state index in [0.717, 1.165) is 22.0 Å². The van der Waals surface area contributed by atoms with Gasteiger partial charge in [-0.15, -0.1) is 0 Å². The van der Waals surface area contributed by atoms with Crippen LogP contribution in [0, 0.1) is 5.92 Å². The molecule has 2 aromatic heterocycles. The molecule has 1 amide bonds. The summed E-state index contributed by atoms with van der Waals surface area (Å²) in [6.07, 6.45) is 5.01. The molecule has 4 rings (SSSR count). The zero-order valence-electron chi connectivity index (χ0n) is 21.3. The zero-order valence-corrected chi connectivity index (χ0v) is 22.1. The van der Waals surface area contributed by atoms with Crippen LogP contribution in [0.3, 0.4) is 0 Å². The molecule has 35 heavy (non-hydrogen) atoms. The Morgan fingerprint density at radius 1 is 1.17 bits per heavy atom. The van der Waals surface area contributed by atoms with Crippen LogP contribution in [0.1, 0.15) is 65.8 Å². The molecule has 8 nitrogen and oxygen atoms in total. The van der Waals surface area contributed by atoms with E-state index in [1.54, 1.807) is 23.5 Å². The van der Waals surface area contributed by atoms with Gasteiger partial charge in [0, 0.05) is 23.1 Å². The summed E-state index contributed by atoms with van der Waals surface area (Å²) in [5.41, 5.74) is 2.36. The first-order valence-electron chi connectivity index (χ1n) is 11.8. The van der Waals surface area contributed by atoms with E-state index in [4.69, 9.17) is 16.3 Å². The largest absolute Gasteiger partial charge is 0.447 e. The fourth-order valence-corrected chi connectivity index (χ4v) is 4.49. The summed E-state index contributed by atoms with van der Waals surface area (Å²) in [5.74, 6) is 1.11. The summed E-state index contributed by atoms with van der Waals surface area (Å²) < 4.78 is 7.33. The second-order valence-electron chi connectivity index (χ2n) is 10.6. The van der Waals surface area contributed by atoms with E-state index < -0.39 is 11.6 Å². The Labute approximate surface area is 211 Å². The molecule has 1 aliphatic heterocycles. The Kier molecular flexibility index (Phi) is 6.53. The molecule has 1 aliphatic rings. The first kappa shape index (κ1) is 25.0. The van der Waals surface area contributed by atoms with Crippen molar-refractivity contribution in [3.05, 3.63) is 59.3 Å². The van der Waals surface area contributed by atoms with Crippen molar-refractivity contribution in [2.75, 3.05) is 16.8 Å². The van der Waals surface area contributed by atoms with Crippen molar-refractivity contribution in [1.29, 1.82) is 0 Å². The zero-order chi connectivity index (χ0) is 25.5. The van der Waals surface area contributed by atoms with E-state index in [2.05, 4.69) is 61.0 Å². The average molecular weight is 497 g/mol. The molecule has 2 atom stereocenters. The standard InChI is InChI=1S/C26H33ClN6O2/c1-16(2)26(7)14-35-24(34)33(26)22-10-11-28-23(31-22)30-17(3)21-13-32(15-29-21)18-8-9-20(27)19(12-18)25(4,5)6/h8-13,15-17H,14H2,1-7H3,(H,28,30,31)/t17-,26-/m0/s1. The molecule has 1 fully saturated rings. The van der Waals surface area contributed by atoms with Crippen LogP contribution in [0.25, 0.3) is 5.69 Å². The van der Waals surface area contributed by atoms with Gasteiger partial charge in [0.1, 0.15) is 12.4 Å². The van der Waals surface area contributed by atoms with Gasteiger partial charge >= 0.3 is 6.09 Å². The number of halogens is 1. The fraction of sp³-hybridized carbons (Fsp3) is 0.462. The van der Waals surface area contributed by atoms with Gasteiger partial charge in [0.25, 0.3) is 0 Å². The van der Waals surface area contributed by atoms with Crippen LogP contribution in [-0.4, -0.2) is 37.8 Å². The van der Waals surface area contributed by atoms with Crippen molar-refractivity contribution in [2.45, 2.75) is 65.5 Å². The predicted octanol–water partition coefficient (Wildman–Crippen LogP) is 6.16. The summed E-state index contributed by atoms with van der Waals surface area (Å²) in [6.45, 7) is 14.9. The maximum absolute atomic E-state index is 12.5. The second-order valence-corrected chi connectivity index (χ2v) is 11.0. The molecule has 0 spiro atoms. The molecule has 1 aromatic carbocycles. The lowest BCUT2D eigenvalue weighted by molar-refractivity contribution is 0.168. The smallest absolute Gasteiger partial charge is 0.416 e. The third-order valence-electron chi connectivity index (χ3n) is 6.74. The van der Waals surface area contributed by atoms with Crippen molar-refractivity contribution < 1.29 is 9.53 Å². The lowest BCUT2D eigenvalue weighted by atomic mass is 9.87. The van der Waals surface area contributed by atoms with Crippen LogP contribution >= 0.6 is 11.6 Å². The van der Waals surface area contributed by atoms with E-state index in [0.29, 0.717) is 18.4 Å². The van der Waals surface area contributed by atoms with Crippen molar-refractivity contribution in [3.8, 4) is 5.69 Å². The van der Waals surface area contributed by atoms with Crippen LogP contribution in [0.5, 0.6) is 0 Å². The second kappa shape index (κ2) is 9.15. The quantitative estimate of drug-likeness (QED) is 0.440. The molecule has 0 bridgehead atoms. The van der Waals surface area contributed by atoms with Crippen LogP contribution in [0.2, 0.25) is 5.02 Å². The number of ether oxygens (including phenoxy) is 1. The molecule has 0 aliphatic carbocycles. The summed E-state index contributed by atoms with van der Waals surface area (Å²) in [5, 5.41) is 4.06. The number of imidazole rings is 1. The number of nitrogens with zero attached hydrogens (tertiary/aromatic N) is 5. The van der Waals surface area contributed by atoms with E-state index in [1.165, 1.54) is 0 Å². The Morgan fingerprint density at radius 2 is 1.91 bits per heavy atom. The number of nitrogens with one attached hydrogen (secondary N) is 1. The fourth-order valence-electron chi connectivity index (χ4n) is 4.09. The lowest BCUT2D eigenvalue weighted by Gasteiger charge is -2.34. The Hall–Kier alpha value is -3.13. The Balaban J connectivity index is 1.55. The van der Waals surface area contributed by atoms with E-state index >= 15 is 0 Å². The maximum Gasteiger partial charge on any atom is 0.416 e. The minimum atomic E-state index is -0.475. The molecule has 3 aromatic rings. The number of carbonyl (C=O) groups excluding carboxylic acids is 1. The van der Waals surface area contributed by atoms with Gasteiger partial charge in [-0.05, 0) is 55.0 Å². The van der Waals surface area contributed by atoms with Gasteiger partial charge in [-0.25, -0.2) is 14.8 Å². The highest BCUT2D eigenvalue weighted by atomic mass is 35.5. The number of benzene rings is 1. The molecular formula is C26H33ClN6O2. The molecule has 0 saturated carbocycles. The molecule has 3 heterocycles. The van der Waals surface area contributed by atoms with Crippen LogP contribution in [0.4, 0.5) is 16.6 Å². The summed E-state index contributed by atoms with van der Waals surface area (Å²) in [6, 6.07) is 7.56. The summed E-state index contributed by atoms with van der Waals surface area (Å²) in [4.78, 5) is 27.7. The number of anilines is 2. The topological polar surface area (TPSA) is 85.2 Å². The van der Waals surface area contributed by atoms with Crippen molar-refractivity contribution in [3.63, 3.8) is 0 Å². The minimum absolute atomic E-state index is 0.0683. The normalized spacial score (nSPS) is 19.2. The van der Waals surface area contributed by atoms with Gasteiger partial charge < -0.3 is 14.6 Å². The van der Waals surface area contributed by atoms with E-state index in [9.17, 15) is 4.79 Å². The van der Waals surface area contributed by atoms with Gasteiger partial charge in [0.2, 0.25) is 5.95 Å². The third-order valence-corrected chi connectivity index (χ3v) is 7.07. The number of aromatic nitrogens is 4. The van der Waals surface area contributed by atoms with Gasteiger partial charge in [0.15, 0.2) is 0 Å². The van der Waals surface area contributed by atoms with E-state index in [1.807, 2.05) is 36.7 Å². The molecule has 0 radical (unpaired) electrons. The van der Waals surface area contributed by atoms with Crippen LogP contribution in [-0.2, 0) is 10.2 Å². The third kappa shape index (κ3) is 4.85. The number of amides is 1. The highest BCUT2D eigenvalue weighted by Gasteiger charge is 2.47. The highest BCUT2D eigenvalue weighted by Crippen LogP contribution is 2.35. The molecule has 9 heteroatoms. The average Bonchev–Trinajstić information content (AvgIpc) is 3.39. The molecule has 186 valence electrons. The number of hydrogen-bond donors (Lipinski definition) is 1. The molecular weight excluding hydrogens is 464 g/mol. The summed E-state index contributed by atoms with van der Waals surface area (Å²) >= 11 is 6.44. The van der Waals surface area contributed by atoms with E-state index in [-0.39, 0.29) is 17.4 Å². The SMILES string of the molecule is CC(C)[C@]1(C)COC(=O)N1c1ccnc(N[C@@H](C)c2cn(-c3ccc(Cl)c(C(C)(C)C)c3)cn2)n1. The molecule has 1 N–H and O–H groups in total. The maximum atomic E-state index is 12.5. The number of cyclic esters (lactones) is 1. The van der Waals surface area contributed by atoms with Gasteiger partial charge in [-0.3, -0.25) is 4.90 Å². The van der Waals surface area contributed by atoms with Crippen LogP contribution in [0.15, 0.2) is 43.0 Å². The predicted molar refractivity (Wildman–Crippen MR) is 138 cm³/mol. The number of carbonyl (C=O) groups is 1. The number of rotatable bonds is 6. The first-order valence-corrected chi connectivity index (χ1v) is 12.2. The molecule has 0 unspecified atom stereocenters. The Bertz CT molecular complexity index is 1230. The molecule has 1 saturated heterocycles. The number of hydrogen-bond acceptors (Lipinski definition) is 6. The van der Waals surface area contributed by atoms with Crippen molar-refractivity contribution in [1.82, 2.24) is 19.5 Å². The van der Waals surface area contributed by atoms with Crippen molar-refractivity contribution in [2.24, 2.45) is 5.92 Å². The minimum Gasteiger partial charge on any atom is -0.447 e. The monoisotopic (exact) mass is 496 g/mol. The van der Waals surface area contributed by atoms with Gasteiger partial charge in [-0.2, -0.15) is 4.98 Å². The van der Waals surface area contributed by atoms with Crippen LogP contribution < -0.4 is 10.2 Å². The van der Waals surface area contributed by atoms with Crippen molar-refractivity contribution >= 4 is 29.5 Å². The lowest BCUT2D eigenvalue weighted by Crippen LogP contribution is -2.49.